The molecule has 1 atom stereocenters. The summed E-state index contributed by atoms with van der Waals surface area (Å²) in [5.74, 6) is 0.684. The molecule has 1 unspecified atom stereocenters. The van der Waals surface area contributed by atoms with E-state index >= 15 is 0 Å². The zero-order valence-electron chi connectivity index (χ0n) is 8.51. The Bertz CT molecular complexity index is 327. The summed E-state index contributed by atoms with van der Waals surface area (Å²) in [6.45, 7) is 2.25. The molecule has 4 nitrogen and oxygen atoms in total. The van der Waals surface area contributed by atoms with Crippen LogP contribution in [-0.2, 0) is 4.74 Å². The summed E-state index contributed by atoms with van der Waals surface area (Å²) in [6.07, 6.45) is -0.769. The predicted octanol–water partition coefficient (Wildman–Crippen LogP) is 1.29. The van der Waals surface area contributed by atoms with Gasteiger partial charge in [-0.2, -0.15) is 5.26 Å². The third-order valence-electron chi connectivity index (χ3n) is 1.69. The first kappa shape index (κ1) is 11.5. The number of aliphatic hydroxyl groups excluding tert-OH is 1. The number of nitriles is 1. The lowest BCUT2D eigenvalue weighted by atomic mass is 10.2. The number of hydrogen-bond acceptors (Lipinski definition) is 4. The predicted molar refractivity (Wildman–Crippen MR) is 54.3 cm³/mol. The lowest BCUT2D eigenvalue weighted by Gasteiger charge is -2.08. The molecule has 0 aliphatic rings. The molecule has 15 heavy (non-hydrogen) atoms. The Morgan fingerprint density at radius 2 is 2.00 bits per heavy atom. The molecule has 4 heteroatoms. The van der Waals surface area contributed by atoms with E-state index < -0.39 is 6.29 Å². The van der Waals surface area contributed by atoms with Crippen LogP contribution in [0.25, 0.3) is 0 Å². The van der Waals surface area contributed by atoms with E-state index in [1.807, 2.05) is 6.07 Å². The summed E-state index contributed by atoms with van der Waals surface area (Å²) in [5.41, 5.74) is 0.600. The molecule has 1 aromatic carbocycles. The van der Waals surface area contributed by atoms with Crippen molar-refractivity contribution < 1.29 is 14.6 Å². The Hall–Kier alpha value is -1.57. The maximum atomic E-state index is 8.80. The molecule has 1 aromatic rings. The minimum absolute atomic E-state index is 0.331. The van der Waals surface area contributed by atoms with Gasteiger partial charge in [-0.25, -0.2) is 0 Å². The number of hydrogen-bond donors (Lipinski definition) is 1. The molecule has 0 spiro atoms. The number of aliphatic hydroxyl groups is 1. The molecular formula is C11H13NO3. The van der Waals surface area contributed by atoms with Crippen LogP contribution in [-0.4, -0.2) is 24.6 Å². The highest BCUT2D eigenvalue weighted by Crippen LogP contribution is 2.11. The average molecular weight is 207 g/mol. The highest BCUT2D eigenvalue weighted by Gasteiger charge is 1.96. The number of rotatable bonds is 5. The molecular weight excluding hydrogens is 194 g/mol. The minimum Gasteiger partial charge on any atom is -0.491 e. The Morgan fingerprint density at radius 1 is 1.33 bits per heavy atom. The normalized spacial score (nSPS) is 11.8. The molecule has 1 N–H and O–H groups in total. The number of benzene rings is 1. The van der Waals surface area contributed by atoms with E-state index in [2.05, 4.69) is 0 Å². The first-order valence-corrected chi connectivity index (χ1v) is 4.65. The van der Waals surface area contributed by atoms with Crippen molar-refractivity contribution in [1.29, 1.82) is 5.26 Å². The van der Waals surface area contributed by atoms with Crippen molar-refractivity contribution in [3.8, 4) is 11.8 Å². The molecule has 0 bridgehead atoms. The lowest BCUT2D eigenvalue weighted by molar-refractivity contribution is -0.0913. The SMILES string of the molecule is CC(O)OCCOc1ccc(C#N)cc1. The summed E-state index contributed by atoms with van der Waals surface area (Å²) in [4.78, 5) is 0. The molecule has 80 valence electrons. The van der Waals surface area contributed by atoms with E-state index in [0.717, 1.165) is 0 Å². The molecule has 0 heterocycles. The quantitative estimate of drug-likeness (QED) is 0.583. The highest BCUT2D eigenvalue weighted by atomic mass is 16.6. The largest absolute Gasteiger partial charge is 0.491 e. The van der Waals surface area contributed by atoms with Crippen molar-refractivity contribution in [1.82, 2.24) is 0 Å². The van der Waals surface area contributed by atoms with Gasteiger partial charge >= 0.3 is 0 Å². The van der Waals surface area contributed by atoms with E-state index in [1.54, 1.807) is 31.2 Å². The second-order valence-electron chi connectivity index (χ2n) is 2.95. The van der Waals surface area contributed by atoms with Crippen molar-refractivity contribution in [2.45, 2.75) is 13.2 Å². The Kier molecular flexibility index (Phi) is 4.61. The molecule has 0 saturated heterocycles. The van der Waals surface area contributed by atoms with Gasteiger partial charge in [0, 0.05) is 0 Å². The van der Waals surface area contributed by atoms with Gasteiger partial charge < -0.3 is 14.6 Å². The summed E-state index contributed by atoms with van der Waals surface area (Å²) in [7, 11) is 0. The van der Waals surface area contributed by atoms with Gasteiger partial charge in [0.1, 0.15) is 12.4 Å². The number of nitrogens with zero attached hydrogens (tertiary/aromatic N) is 1. The van der Waals surface area contributed by atoms with Crippen LogP contribution in [0, 0.1) is 11.3 Å². The first-order chi connectivity index (χ1) is 7.22. The summed E-state index contributed by atoms with van der Waals surface area (Å²) < 4.78 is 10.2. The van der Waals surface area contributed by atoms with Crippen molar-refractivity contribution in [3.05, 3.63) is 29.8 Å². The fraction of sp³-hybridized carbons (Fsp3) is 0.364. The fourth-order valence-corrected chi connectivity index (χ4v) is 1.00. The average Bonchev–Trinajstić information content (AvgIpc) is 2.25. The van der Waals surface area contributed by atoms with E-state index in [4.69, 9.17) is 19.8 Å². The van der Waals surface area contributed by atoms with E-state index in [9.17, 15) is 0 Å². The van der Waals surface area contributed by atoms with Gasteiger partial charge in [0.25, 0.3) is 0 Å². The van der Waals surface area contributed by atoms with Crippen molar-refractivity contribution in [2.75, 3.05) is 13.2 Å². The van der Waals surface area contributed by atoms with Gasteiger partial charge in [-0.3, -0.25) is 0 Å². The summed E-state index contributed by atoms with van der Waals surface area (Å²) in [6, 6.07) is 8.84. The van der Waals surface area contributed by atoms with Crippen LogP contribution in [0.3, 0.4) is 0 Å². The van der Waals surface area contributed by atoms with Crippen molar-refractivity contribution >= 4 is 0 Å². The molecule has 0 radical (unpaired) electrons. The van der Waals surface area contributed by atoms with Crippen LogP contribution >= 0.6 is 0 Å². The monoisotopic (exact) mass is 207 g/mol. The third kappa shape index (κ3) is 4.45. The Morgan fingerprint density at radius 3 is 2.53 bits per heavy atom. The van der Waals surface area contributed by atoms with Crippen LogP contribution in [0.5, 0.6) is 5.75 Å². The molecule has 1 rings (SSSR count). The van der Waals surface area contributed by atoms with E-state index in [0.29, 0.717) is 24.5 Å². The topological polar surface area (TPSA) is 62.5 Å². The van der Waals surface area contributed by atoms with Crippen LogP contribution in [0.2, 0.25) is 0 Å². The Balaban J connectivity index is 2.29. The van der Waals surface area contributed by atoms with Crippen LogP contribution in [0.1, 0.15) is 12.5 Å². The third-order valence-corrected chi connectivity index (χ3v) is 1.69. The lowest BCUT2D eigenvalue weighted by Crippen LogP contribution is -2.13. The van der Waals surface area contributed by atoms with Gasteiger partial charge in [0.15, 0.2) is 6.29 Å². The molecule has 0 fully saturated rings. The van der Waals surface area contributed by atoms with Crippen LogP contribution in [0.4, 0.5) is 0 Å². The zero-order chi connectivity index (χ0) is 11.1. The van der Waals surface area contributed by atoms with Gasteiger partial charge in [-0.1, -0.05) is 0 Å². The second kappa shape index (κ2) is 6.02. The summed E-state index contributed by atoms with van der Waals surface area (Å²) >= 11 is 0. The van der Waals surface area contributed by atoms with E-state index in [1.165, 1.54) is 0 Å². The summed E-state index contributed by atoms with van der Waals surface area (Å²) in [5, 5.41) is 17.4. The first-order valence-electron chi connectivity index (χ1n) is 4.65. The zero-order valence-corrected chi connectivity index (χ0v) is 8.51. The van der Waals surface area contributed by atoms with Gasteiger partial charge in [0.2, 0.25) is 0 Å². The van der Waals surface area contributed by atoms with Gasteiger partial charge in [-0.05, 0) is 31.2 Å². The van der Waals surface area contributed by atoms with Gasteiger partial charge in [-0.15, -0.1) is 0 Å². The minimum atomic E-state index is -0.769. The smallest absolute Gasteiger partial charge is 0.151 e. The Labute approximate surface area is 88.7 Å². The second-order valence-corrected chi connectivity index (χ2v) is 2.95. The van der Waals surface area contributed by atoms with E-state index in [-0.39, 0.29) is 0 Å². The van der Waals surface area contributed by atoms with Gasteiger partial charge in [0.05, 0.1) is 18.2 Å². The molecule has 0 amide bonds. The standard InChI is InChI=1S/C11H13NO3/c1-9(13)14-6-7-15-11-4-2-10(8-12)3-5-11/h2-5,9,13H,6-7H2,1H3. The van der Waals surface area contributed by atoms with Crippen LogP contribution in [0.15, 0.2) is 24.3 Å². The maximum Gasteiger partial charge on any atom is 0.151 e. The molecule has 0 aliphatic carbocycles. The molecule has 0 aromatic heterocycles. The fourth-order valence-electron chi connectivity index (χ4n) is 1.00. The number of ether oxygens (including phenoxy) is 2. The van der Waals surface area contributed by atoms with Crippen molar-refractivity contribution in [2.24, 2.45) is 0 Å². The van der Waals surface area contributed by atoms with Crippen molar-refractivity contribution in [3.63, 3.8) is 0 Å². The van der Waals surface area contributed by atoms with Crippen LogP contribution < -0.4 is 4.74 Å². The highest BCUT2D eigenvalue weighted by molar-refractivity contribution is 5.34. The maximum absolute atomic E-state index is 8.80. The molecule has 0 aliphatic heterocycles. The molecule has 0 saturated carbocycles.